The summed E-state index contributed by atoms with van der Waals surface area (Å²) in [5.74, 6) is 1.45. The molecule has 126 valence electrons. The molecule has 2 aliphatic rings. The number of piperidine rings is 1. The fraction of sp³-hybridized carbons (Fsp3) is 0.500. The molecule has 6 nitrogen and oxygen atoms in total. The Morgan fingerprint density at radius 1 is 1.29 bits per heavy atom. The van der Waals surface area contributed by atoms with Crippen LogP contribution in [0.2, 0.25) is 0 Å². The third-order valence-corrected chi connectivity index (χ3v) is 5.08. The number of pyridine rings is 1. The first-order valence-corrected chi connectivity index (χ1v) is 8.74. The summed E-state index contributed by atoms with van der Waals surface area (Å²) in [7, 11) is 0. The standard InChI is InChI=1S/C18H23N5O/c24-18(11-14-8-15-2-3-16(9-14)22-15)20-12-13-4-6-19-17(10-13)23-7-1-5-21-23/h1,4-7,10,14-16,22H,2-3,8-9,11-12H2,(H,20,24). The zero-order chi connectivity index (χ0) is 16.4. The van der Waals surface area contributed by atoms with Crippen molar-refractivity contribution in [3.63, 3.8) is 0 Å². The van der Waals surface area contributed by atoms with Crippen molar-refractivity contribution in [2.75, 3.05) is 0 Å². The van der Waals surface area contributed by atoms with Gasteiger partial charge in [0.25, 0.3) is 0 Å². The third-order valence-electron chi connectivity index (χ3n) is 5.08. The molecule has 0 saturated carbocycles. The summed E-state index contributed by atoms with van der Waals surface area (Å²) in [4.78, 5) is 16.6. The Morgan fingerprint density at radius 2 is 2.12 bits per heavy atom. The number of nitrogens with zero attached hydrogens (tertiary/aromatic N) is 3. The van der Waals surface area contributed by atoms with Crippen LogP contribution in [0.4, 0.5) is 0 Å². The van der Waals surface area contributed by atoms with Crippen LogP contribution in [0.5, 0.6) is 0 Å². The molecule has 2 N–H and O–H groups in total. The lowest BCUT2D eigenvalue weighted by atomic mass is 9.89. The van der Waals surface area contributed by atoms with Gasteiger partial charge in [-0.3, -0.25) is 4.79 Å². The molecule has 2 atom stereocenters. The van der Waals surface area contributed by atoms with Crippen molar-refractivity contribution in [1.82, 2.24) is 25.4 Å². The SMILES string of the molecule is O=C(CC1CC2CCC(C1)N2)NCc1ccnc(-n2cccn2)c1. The number of carbonyl (C=O) groups excluding carboxylic acids is 1. The Hall–Kier alpha value is -2.21. The van der Waals surface area contributed by atoms with Crippen LogP contribution in [-0.2, 0) is 11.3 Å². The molecule has 2 saturated heterocycles. The van der Waals surface area contributed by atoms with Crippen LogP contribution in [0.1, 0.15) is 37.7 Å². The molecule has 2 aromatic heterocycles. The number of aromatic nitrogens is 3. The molecule has 6 heteroatoms. The minimum absolute atomic E-state index is 0.152. The van der Waals surface area contributed by atoms with Crippen LogP contribution < -0.4 is 10.6 Å². The largest absolute Gasteiger partial charge is 0.352 e. The fourth-order valence-corrected chi connectivity index (χ4v) is 3.98. The van der Waals surface area contributed by atoms with E-state index in [1.807, 2.05) is 24.4 Å². The zero-order valence-electron chi connectivity index (χ0n) is 13.7. The Kier molecular flexibility index (Phi) is 4.30. The number of amides is 1. The summed E-state index contributed by atoms with van der Waals surface area (Å²) >= 11 is 0. The molecule has 4 heterocycles. The molecule has 0 aliphatic carbocycles. The van der Waals surface area contributed by atoms with Crippen LogP contribution >= 0.6 is 0 Å². The van der Waals surface area contributed by atoms with Gasteiger partial charge >= 0.3 is 0 Å². The van der Waals surface area contributed by atoms with Crippen molar-refractivity contribution < 1.29 is 4.79 Å². The fourth-order valence-electron chi connectivity index (χ4n) is 3.98. The summed E-state index contributed by atoms with van der Waals surface area (Å²) < 4.78 is 1.72. The van der Waals surface area contributed by atoms with Crippen molar-refractivity contribution in [1.29, 1.82) is 0 Å². The van der Waals surface area contributed by atoms with E-state index in [4.69, 9.17) is 0 Å². The number of hydrogen-bond donors (Lipinski definition) is 2. The highest BCUT2D eigenvalue weighted by atomic mass is 16.1. The molecule has 1 amide bonds. The molecule has 0 spiro atoms. The highest BCUT2D eigenvalue weighted by molar-refractivity contribution is 5.76. The molecule has 2 bridgehead atoms. The minimum atomic E-state index is 0.152. The Labute approximate surface area is 141 Å². The Bertz CT molecular complexity index is 687. The highest BCUT2D eigenvalue weighted by Crippen LogP contribution is 2.32. The van der Waals surface area contributed by atoms with Crippen molar-refractivity contribution in [2.45, 2.75) is 50.7 Å². The normalized spacial score (nSPS) is 25.6. The lowest BCUT2D eigenvalue weighted by Crippen LogP contribution is -2.39. The average Bonchev–Trinajstić information content (AvgIpc) is 3.23. The van der Waals surface area contributed by atoms with E-state index >= 15 is 0 Å². The van der Waals surface area contributed by atoms with Crippen molar-refractivity contribution >= 4 is 5.91 Å². The van der Waals surface area contributed by atoms with Crippen LogP contribution in [0.25, 0.3) is 5.82 Å². The summed E-state index contributed by atoms with van der Waals surface area (Å²) in [6, 6.07) is 7.02. The van der Waals surface area contributed by atoms with Gasteiger partial charge in [-0.15, -0.1) is 0 Å². The van der Waals surface area contributed by atoms with Crippen LogP contribution in [0.3, 0.4) is 0 Å². The summed E-state index contributed by atoms with van der Waals surface area (Å²) in [5.41, 5.74) is 1.04. The quantitative estimate of drug-likeness (QED) is 0.879. The van der Waals surface area contributed by atoms with Crippen LogP contribution in [0.15, 0.2) is 36.8 Å². The molecule has 2 aromatic rings. The van der Waals surface area contributed by atoms with Gasteiger partial charge in [0.1, 0.15) is 0 Å². The first-order chi connectivity index (χ1) is 11.8. The van der Waals surface area contributed by atoms with E-state index in [9.17, 15) is 4.79 Å². The second-order valence-corrected chi connectivity index (χ2v) is 6.93. The van der Waals surface area contributed by atoms with Crippen LogP contribution in [-0.4, -0.2) is 32.8 Å². The van der Waals surface area contributed by atoms with Gasteiger partial charge in [-0.1, -0.05) is 0 Å². The number of carbonyl (C=O) groups is 1. The molecule has 24 heavy (non-hydrogen) atoms. The van der Waals surface area contributed by atoms with Crippen LogP contribution in [0, 0.1) is 5.92 Å². The molecule has 2 fully saturated rings. The predicted octanol–water partition coefficient (Wildman–Crippen LogP) is 1.80. The molecule has 2 unspecified atom stereocenters. The van der Waals surface area contributed by atoms with E-state index in [1.54, 1.807) is 17.1 Å². The number of rotatable bonds is 5. The second-order valence-electron chi connectivity index (χ2n) is 6.93. The van der Waals surface area contributed by atoms with E-state index in [2.05, 4.69) is 20.7 Å². The molecular weight excluding hydrogens is 302 g/mol. The first kappa shape index (κ1) is 15.3. The van der Waals surface area contributed by atoms with Crippen molar-refractivity contribution in [3.8, 4) is 5.82 Å². The van der Waals surface area contributed by atoms with Gasteiger partial charge in [-0.05, 0) is 55.4 Å². The van der Waals surface area contributed by atoms with E-state index in [-0.39, 0.29) is 5.91 Å². The zero-order valence-corrected chi connectivity index (χ0v) is 13.7. The van der Waals surface area contributed by atoms with E-state index in [0.29, 0.717) is 31.0 Å². The average molecular weight is 325 g/mol. The van der Waals surface area contributed by atoms with Gasteiger partial charge in [0.15, 0.2) is 5.82 Å². The summed E-state index contributed by atoms with van der Waals surface area (Å²) in [6.07, 6.45) is 10.8. The maximum Gasteiger partial charge on any atom is 0.220 e. The van der Waals surface area contributed by atoms with Gasteiger partial charge in [-0.2, -0.15) is 5.10 Å². The molecule has 0 radical (unpaired) electrons. The summed E-state index contributed by atoms with van der Waals surface area (Å²) in [6.45, 7) is 0.535. The number of fused-ring (bicyclic) bond motifs is 2. The number of nitrogens with one attached hydrogen (secondary N) is 2. The van der Waals surface area contributed by atoms with Gasteiger partial charge in [0, 0.05) is 43.6 Å². The van der Waals surface area contributed by atoms with Crippen molar-refractivity contribution in [3.05, 3.63) is 42.4 Å². The predicted molar refractivity (Wildman–Crippen MR) is 90.5 cm³/mol. The lowest BCUT2D eigenvalue weighted by molar-refractivity contribution is -0.122. The summed E-state index contributed by atoms with van der Waals surface area (Å²) in [5, 5.41) is 10.9. The van der Waals surface area contributed by atoms with Gasteiger partial charge in [0.2, 0.25) is 5.91 Å². The third kappa shape index (κ3) is 3.48. The number of hydrogen-bond acceptors (Lipinski definition) is 4. The van der Waals surface area contributed by atoms with E-state index in [1.165, 1.54) is 12.8 Å². The van der Waals surface area contributed by atoms with Gasteiger partial charge < -0.3 is 10.6 Å². The molecule has 2 aliphatic heterocycles. The molecular formula is C18H23N5O. The maximum absolute atomic E-state index is 12.3. The molecule has 0 aromatic carbocycles. The monoisotopic (exact) mass is 325 g/mol. The van der Waals surface area contributed by atoms with Gasteiger partial charge in [-0.25, -0.2) is 9.67 Å². The highest BCUT2D eigenvalue weighted by Gasteiger charge is 2.34. The van der Waals surface area contributed by atoms with Crippen molar-refractivity contribution in [2.24, 2.45) is 5.92 Å². The van der Waals surface area contributed by atoms with E-state index in [0.717, 1.165) is 24.2 Å². The lowest BCUT2D eigenvalue weighted by Gasteiger charge is -2.28. The Morgan fingerprint density at radius 3 is 2.88 bits per heavy atom. The topological polar surface area (TPSA) is 71.8 Å². The van der Waals surface area contributed by atoms with E-state index < -0.39 is 0 Å². The first-order valence-electron chi connectivity index (χ1n) is 8.74. The van der Waals surface area contributed by atoms with Gasteiger partial charge in [0.05, 0.1) is 0 Å². The smallest absolute Gasteiger partial charge is 0.220 e. The minimum Gasteiger partial charge on any atom is -0.352 e. The molecule has 4 rings (SSSR count). The second kappa shape index (κ2) is 6.73. The Balaban J connectivity index is 1.30. The maximum atomic E-state index is 12.3.